The van der Waals surface area contributed by atoms with E-state index in [1.54, 1.807) is 18.2 Å². The maximum absolute atomic E-state index is 12.6. The van der Waals surface area contributed by atoms with Crippen LogP contribution < -0.4 is 10.1 Å². The van der Waals surface area contributed by atoms with Gasteiger partial charge in [0, 0.05) is 11.1 Å². The Balaban J connectivity index is 1.76. The van der Waals surface area contributed by atoms with Crippen molar-refractivity contribution in [3.05, 3.63) is 59.2 Å². The molecule has 140 valence electrons. The van der Waals surface area contributed by atoms with Gasteiger partial charge in [-0.3, -0.25) is 4.79 Å². The molecule has 0 fully saturated rings. The molecule has 0 aliphatic rings. The zero-order chi connectivity index (χ0) is 19.2. The predicted molar refractivity (Wildman–Crippen MR) is 104 cm³/mol. The third kappa shape index (κ3) is 4.53. The minimum Gasteiger partial charge on any atom is -0.494 e. The Morgan fingerprint density at radius 3 is 2.74 bits per heavy atom. The Kier molecular flexibility index (Phi) is 5.86. The molecule has 0 spiro atoms. The largest absolute Gasteiger partial charge is 0.494 e. The highest BCUT2D eigenvalue weighted by Crippen LogP contribution is 2.26. The van der Waals surface area contributed by atoms with Crippen LogP contribution in [0.2, 0.25) is 0 Å². The number of unbranched alkanes of at least 4 members (excludes halogenated alkanes) is 1. The van der Waals surface area contributed by atoms with E-state index < -0.39 is 0 Å². The van der Waals surface area contributed by atoms with E-state index in [4.69, 9.17) is 9.37 Å². The number of benzene rings is 2. The molecular formula is C21H23N3O3. The van der Waals surface area contributed by atoms with Crippen LogP contribution in [0.25, 0.3) is 11.3 Å². The summed E-state index contributed by atoms with van der Waals surface area (Å²) in [5.41, 5.74) is 4.14. The molecule has 3 aromatic rings. The van der Waals surface area contributed by atoms with E-state index in [0.29, 0.717) is 29.4 Å². The van der Waals surface area contributed by atoms with Crippen molar-refractivity contribution in [1.29, 1.82) is 0 Å². The molecule has 2 aromatic carbocycles. The van der Waals surface area contributed by atoms with Crippen molar-refractivity contribution in [2.24, 2.45) is 0 Å². The van der Waals surface area contributed by atoms with Crippen molar-refractivity contribution in [1.82, 2.24) is 10.3 Å². The van der Waals surface area contributed by atoms with Crippen molar-refractivity contribution in [3.8, 4) is 17.0 Å². The van der Waals surface area contributed by atoms with Gasteiger partial charge in [0.05, 0.1) is 6.61 Å². The quantitative estimate of drug-likeness (QED) is 0.609. The fourth-order valence-corrected chi connectivity index (χ4v) is 2.59. The minimum absolute atomic E-state index is 0.292. The van der Waals surface area contributed by atoms with Crippen LogP contribution in [0.15, 0.2) is 47.1 Å². The van der Waals surface area contributed by atoms with Gasteiger partial charge < -0.3 is 10.1 Å². The Bertz CT molecular complexity index is 934. The summed E-state index contributed by atoms with van der Waals surface area (Å²) in [5.74, 6) is 0.668. The van der Waals surface area contributed by atoms with Gasteiger partial charge in [-0.25, -0.2) is 4.63 Å². The maximum Gasteiger partial charge on any atom is 0.257 e. The zero-order valence-corrected chi connectivity index (χ0v) is 15.8. The van der Waals surface area contributed by atoms with Crippen molar-refractivity contribution >= 4 is 11.7 Å². The number of rotatable bonds is 7. The predicted octanol–water partition coefficient (Wildman–Crippen LogP) is 4.78. The third-order valence-electron chi connectivity index (χ3n) is 4.36. The van der Waals surface area contributed by atoms with Crippen LogP contribution in [0.3, 0.4) is 0 Å². The number of nitrogens with zero attached hydrogens (tertiary/aromatic N) is 2. The summed E-state index contributed by atoms with van der Waals surface area (Å²) in [4.78, 5) is 12.6. The first kappa shape index (κ1) is 18.6. The number of aromatic nitrogens is 2. The summed E-state index contributed by atoms with van der Waals surface area (Å²) < 4.78 is 10.5. The maximum atomic E-state index is 12.6. The van der Waals surface area contributed by atoms with Crippen LogP contribution in [0.1, 0.15) is 41.3 Å². The fraction of sp³-hybridized carbons (Fsp3) is 0.286. The highest BCUT2D eigenvalue weighted by molar-refractivity contribution is 6.05. The van der Waals surface area contributed by atoms with Crippen LogP contribution in [0.5, 0.6) is 5.75 Å². The molecule has 0 atom stereocenters. The molecule has 0 bridgehead atoms. The average Bonchev–Trinajstić information content (AvgIpc) is 3.12. The van der Waals surface area contributed by atoms with Gasteiger partial charge in [0.25, 0.3) is 5.91 Å². The lowest BCUT2D eigenvalue weighted by atomic mass is 10.0. The smallest absolute Gasteiger partial charge is 0.257 e. The second-order valence-electron chi connectivity index (χ2n) is 6.44. The summed E-state index contributed by atoms with van der Waals surface area (Å²) in [6.07, 6.45) is 2.03. The molecule has 27 heavy (non-hydrogen) atoms. The number of carbonyl (C=O) groups is 1. The van der Waals surface area contributed by atoms with Crippen molar-refractivity contribution in [2.45, 2.75) is 33.6 Å². The van der Waals surface area contributed by atoms with Gasteiger partial charge in [-0.2, -0.15) is 0 Å². The normalized spacial score (nSPS) is 10.6. The molecule has 3 rings (SSSR count). The summed E-state index contributed by atoms with van der Waals surface area (Å²) in [5, 5.41) is 10.6. The Morgan fingerprint density at radius 1 is 1.11 bits per heavy atom. The van der Waals surface area contributed by atoms with E-state index >= 15 is 0 Å². The topological polar surface area (TPSA) is 77.2 Å². The second kappa shape index (κ2) is 8.49. The third-order valence-corrected chi connectivity index (χ3v) is 4.36. The molecule has 6 heteroatoms. The number of carbonyl (C=O) groups excluding carboxylic acids is 1. The first-order valence-electron chi connectivity index (χ1n) is 9.03. The Labute approximate surface area is 158 Å². The van der Waals surface area contributed by atoms with E-state index in [0.717, 1.165) is 24.0 Å². The van der Waals surface area contributed by atoms with Crippen molar-refractivity contribution in [2.75, 3.05) is 11.9 Å². The summed E-state index contributed by atoms with van der Waals surface area (Å²) in [7, 11) is 0. The first-order chi connectivity index (χ1) is 13.1. The van der Waals surface area contributed by atoms with E-state index in [1.807, 2.05) is 38.1 Å². The van der Waals surface area contributed by atoms with Gasteiger partial charge in [0.2, 0.25) is 5.82 Å². The first-order valence-corrected chi connectivity index (χ1v) is 9.03. The van der Waals surface area contributed by atoms with Crippen LogP contribution in [0, 0.1) is 13.8 Å². The highest BCUT2D eigenvalue weighted by Gasteiger charge is 2.17. The van der Waals surface area contributed by atoms with Gasteiger partial charge in [-0.05, 0) is 66.0 Å². The summed E-state index contributed by atoms with van der Waals surface area (Å²) >= 11 is 0. The molecule has 0 aliphatic carbocycles. The molecule has 0 aliphatic heterocycles. The standard InChI is InChI=1S/C21H23N3O3/c1-4-5-11-26-18-8-6-7-17(13-18)21(25)22-20-19(23-27-24-20)16-10-9-14(2)15(3)12-16/h6-10,12-13H,4-5,11H2,1-3H3,(H,22,24,25). The minimum atomic E-state index is -0.295. The number of aryl methyl sites for hydroxylation is 2. The van der Waals surface area contributed by atoms with Gasteiger partial charge in [0.15, 0.2) is 5.69 Å². The van der Waals surface area contributed by atoms with Crippen LogP contribution in [-0.2, 0) is 0 Å². The lowest BCUT2D eigenvalue weighted by Crippen LogP contribution is -2.13. The number of hydrogen-bond donors (Lipinski definition) is 1. The molecular weight excluding hydrogens is 342 g/mol. The van der Waals surface area contributed by atoms with E-state index in [2.05, 4.69) is 22.6 Å². The molecule has 1 amide bonds. The summed E-state index contributed by atoms with van der Waals surface area (Å²) in [6.45, 7) is 6.80. The molecule has 0 unspecified atom stereocenters. The molecule has 0 saturated heterocycles. The Hall–Kier alpha value is -3.15. The van der Waals surface area contributed by atoms with Crippen molar-refractivity contribution < 1.29 is 14.2 Å². The van der Waals surface area contributed by atoms with Crippen LogP contribution in [-0.4, -0.2) is 22.8 Å². The lowest BCUT2D eigenvalue weighted by Gasteiger charge is -2.08. The molecule has 1 N–H and O–H groups in total. The number of ether oxygens (including phenoxy) is 1. The summed E-state index contributed by atoms with van der Waals surface area (Å²) in [6, 6.07) is 13.0. The number of nitrogens with one attached hydrogen (secondary N) is 1. The van der Waals surface area contributed by atoms with Crippen LogP contribution >= 0.6 is 0 Å². The van der Waals surface area contributed by atoms with Gasteiger partial charge >= 0.3 is 0 Å². The van der Waals surface area contributed by atoms with E-state index in [1.165, 1.54) is 5.56 Å². The van der Waals surface area contributed by atoms with Gasteiger partial charge in [-0.15, -0.1) is 0 Å². The second-order valence-corrected chi connectivity index (χ2v) is 6.44. The number of anilines is 1. The average molecular weight is 365 g/mol. The fourth-order valence-electron chi connectivity index (χ4n) is 2.59. The molecule has 6 nitrogen and oxygen atoms in total. The highest BCUT2D eigenvalue weighted by atomic mass is 16.6. The molecule has 1 heterocycles. The van der Waals surface area contributed by atoms with Gasteiger partial charge in [0.1, 0.15) is 5.75 Å². The Morgan fingerprint density at radius 2 is 1.96 bits per heavy atom. The molecule has 1 aromatic heterocycles. The monoisotopic (exact) mass is 365 g/mol. The van der Waals surface area contributed by atoms with Crippen molar-refractivity contribution in [3.63, 3.8) is 0 Å². The number of hydrogen-bond acceptors (Lipinski definition) is 5. The van der Waals surface area contributed by atoms with E-state index in [9.17, 15) is 4.79 Å². The zero-order valence-electron chi connectivity index (χ0n) is 15.8. The number of amides is 1. The van der Waals surface area contributed by atoms with Crippen LogP contribution in [0.4, 0.5) is 5.82 Å². The SMILES string of the molecule is CCCCOc1cccc(C(=O)Nc2nonc2-c2ccc(C)c(C)c2)c1. The molecule has 0 radical (unpaired) electrons. The van der Waals surface area contributed by atoms with Gasteiger partial charge in [-0.1, -0.05) is 31.5 Å². The lowest BCUT2D eigenvalue weighted by molar-refractivity contribution is 0.102. The molecule has 0 saturated carbocycles. The van der Waals surface area contributed by atoms with E-state index in [-0.39, 0.29) is 5.91 Å².